The summed E-state index contributed by atoms with van der Waals surface area (Å²) >= 11 is 0. The number of carbonyl (C=O) groups is 1. The fourth-order valence-corrected chi connectivity index (χ4v) is 3.65. The SMILES string of the molecule is O=C(O)COc1cccc2c1OC(CC1CCCCC1)CC2. The zero-order valence-electron chi connectivity index (χ0n) is 12.9. The number of hydrogen-bond donors (Lipinski definition) is 1. The zero-order chi connectivity index (χ0) is 15.4. The lowest BCUT2D eigenvalue weighted by atomic mass is 9.84. The molecule has 1 fully saturated rings. The Morgan fingerprint density at radius 3 is 2.82 bits per heavy atom. The van der Waals surface area contributed by atoms with Gasteiger partial charge in [0.2, 0.25) is 0 Å². The Morgan fingerprint density at radius 2 is 2.05 bits per heavy atom. The highest BCUT2D eigenvalue weighted by Crippen LogP contribution is 2.39. The lowest BCUT2D eigenvalue weighted by Crippen LogP contribution is -2.27. The van der Waals surface area contributed by atoms with Crippen molar-refractivity contribution in [1.29, 1.82) is 0 Å². The first-order valence-electron chi connectivity index (χ1n) is 8.35. The molecule has 4 nitrogen and oxygen atoms in total. The summed E-state index contributed by atoms with van der Waals surface area (Å²) in [5.74, 6) is 1.14. The number of fused-ring (bicyclic) bond motifs is 1. The van der Waals surface area contributed by atoms with Crippen molar-refractivity contribution in [2.24, 2.45) is 5.92 Å². The highest BCUT2D eigenvalue weighted by molar-refractivity contribution is 5.68. The van der Waals surface area contributed by atoms with Gasteiger partial charge in [0, 0.05) is 0 Å². The quantitative estimate of drug-likeness (QED) is 0.898. The molecule has 0 saturated heterocycles. The molecule has 2 aliphatic rings. The fraction of sp³-hybridized carbons (Fsp3) is 0.611. The molecule has 1 aliphatic heterocycles. The number of aryl methyl sites for hydroxylation is 1. The molecule has 1 N–H and O–H groups in total. The normalized spacial score (nSPS) is 21.7. The van der Waals surface area contributed by atoms with Crippen LogP contribution in [0.1, 0.15) is 50.5 Å². The molecule has 1 unspecified atom stereocenters. The summed E-state index contributed by atoms with van der Waals surface area (Å²) in [4.78, 5) is 10.7. The fourth-order valence-electron chi connectivity index (χ4n) is 3.65. The summed E-state index contributed by atoms with van der Waals surface area (Å²) in [6, 6.07) is 5.74. The summed E-state index contributed by atoms with van der Waals surface area (Å²) in [7, 11) is 0. The first-order valence-corrected chi connectivity index (χ1v) is 8.35. The number of rotatable bonds is 5. The first kappa shape index (κ1) is 15.2. The van der Waals surface area contributed by atoms with Gasteiger partial charge in [-0.3, -0.25) is 0 Å². The number of ether oxygens (including phenoxy) is 2. The van der Waals surface area contributed by atoms with Gasteiger partial charge in [0.25, 0.3) is 0 Å². The van der Waals surface area contributed by atoms with Crippen LogP contribution in [-0.2, 0) is 11.2 Å². The van der Waals surface area contributed by atoms with E-state index in [0.29, 0.717) is 5.75 Å². The van der Waals surface area contributed by atoms with E-state index in [9.17, 15) is 4.79 Å². The molecule has 1 aliphatic carbocycles. The molecule has 3 rings (SSSR count). The van der Waals surface area contributed by atoms with E-state index >= 15 is 0 Å². The van der Waals surface area contributed by atoms with E-state index in [4.69, 9.17) is 14.6 Å². The molecule has 1 aromatic rings. The van der Waals surface area contributed by atoms with Crippen molar-refractivity contribution in [3.8, 4) is 11.5 Å². The molecule has 4 heteroatoms. The standard InChI is InChI=1S/C18H24O4/c19-17(20)12-21-16-8-4-7-14-9-10-15(22-18(14)16)11-13-5-2-1-3-6-13/h4,7-8,13,15H,1-3,5-6,9-12H2,(H,19,20). The topological polar surface area (TPSA) is 55.8 Å². The monoisotopic (exact) mass is 304 g/mol. The Morgan fingerprint density at radius 1 is 1.23 bits per heavy atom. The number of benzene rings is 1. The summed E-state index contributed by atoms with van der Waals surface area (Å²) in [6.45, 7) is -0.326. The van der Waals surface area contributed by atoms with Gasteiger partial charge >= 0.3 is 5.97 Å². The Labute approximate surface area is 131 Å². The minimum atomic E-state index is -0.966. The van der Waals surface area contributed by atoms with Crippen molar-refractivity contribution in [2.45, 2.75) is 57.5 Å². The van der Waals surface area contributed by atoms with Gasteiger partial charge < -0.3 is 14.6 Å². The van der Waals surface area contributed by atoms with Crippen LogP contribution in [0.2, 0.25) is 0 Å². The summed E-state index contributed by atoms with van der Waals surface area (Å²) in [5, 5.41) is 8.78. The lowest BCUT2D eigenvalue weighted by Gasteiger charge is -2.31. The lowest BCUT2D eigenvalue weighted by molar-refractivity contribution is -0.139. The Bertz CT molecular complexity index is 520. The molecule has 0 radical (unpaired) electrons. The van der Waals surface area contributed by atoms with Crippen molar-refractivity contribution in [1.82, 2.24) is 0 Å². The summed E-state index contributed by atoms with van der Waals surface area (Å²) in [6.07, 6.45) is 10.1. The third-order valence-corrected chi connectivity index (χ3v) is 4.75. The molecule has 22 heavy (non-hydrogen) atoms. The van der Waals surface area contributed by atoms with Crippen LogP contribution in [0.25, 0.3) is 0 Å². The minimum absolute atomic E-state index is 0.241. The molecule has 0 aromatic heterocycles. The van der Waals surface area contributed by atoms with Crippen LogP contribution in [0.15, 0.2) is 18.2 Å². The van der Waals surface area contributed by atoms with Crippen LogP contribution in [0.4, 0.5) is 0 Å². The molecule has 1 aromatic carbocycles. The van der Waals surface area contributed by atoms with Gasteiger partial charge in [0.15, 0.2) is 18.1 Å². The van der Waals surface area contributed by atoms with E-state index in [1.54, 1.807) is 6.07 Å². The molecule has 0 spiro atoms. The summed E-state index contributed by atoms with van der Waals surface area (Å²) in [5.41, 5.74) is 1.13. The van der Waals surface area contributed by atoms with Gasteiger partial charge in [-0.2, -0.15) is 0 Å². The average molecular weight is 304 g/mol. The largest absolute Gasteiger partial charge is 0.486 e. The van der Waals surface area contributed by atoms with Crippen LogP contribution in [0.5, 0.6) is 11.5 Å². The third-order valence-electron chi connectivity index (χ3n) is 4.75. The van der Waals surface area contributed by atoms with E-state index in [-0.39, 0.29) is 12.7 Å². The van der Waals surface area contributed by atoms with Crippen molar-refractivity contribution >= 4 is 5.97 Å². The van der Waals surface area contributed by atoms with E-state index in [1.165, 1.54) is 32.1 Å². The predicted molar refractivity (Wildman–Crippen MR) is 83.5 cm³/mol. The maximum Gasteiger partial charge on any atom is 0.341 e. The van der Waals surface area contributed by atoms with Crippen LogP contribution >= 0.6 is 0 Å². The van der Waals surface area contributed by atoms with Gasteiger partial charge in [-0.1, -0.05) is 44.2 Å². The van der Waals surface area contributed by atoms with Crippen LogP contribution in [-0.4, -0.2) is 23.8 Å². The Kier molecular flexibility index (Phi) is 4.86. The maximum atomic E-state index is 10.7. The maximum absolute atomic E-state index is 10.7. The van der Waals surface area contributed by atoms with E-state index in [2.05, 4.69) is 0 Å². The van der Waals surface area contributed by atoms with E-state index < -0.39 is 5.97 Å². The number of hydrogen-bond acceptors (Lipinski definition) is 3. The van der Waals surface area contributed by atoms with Crippen LogP contribution in [0.3, 0.4) is 0 Å². The van der Waals surface area contributed by atoms with Crippen molar-refractivity contribution in [3.63, 3.8) is 0 Å². The number of carboxylic acid groups (broad SMARTS) is 1. The second-order valence-electron chi connectivity index (χ2n) is 6.45. The Balaban J connectivity index is 1.66. The first-order chi connectivity index (χ1) is 10.7. The molecule has 0 amide bonds. The smallest absolute Gasteiger partial charge is 0.341 e. The molecule has 1 saturated carbocycles. The van der Waals surface area contributed by atoms with Crippen molar-refractivity contribution in [2.75, 3.05) is 6.61 Å². The molecule has 1 heterocycles. The molecular weight excluding hydrogens is 280 g/mol. The van der Waals surface area contributed by atoms with Gasteiger partial charge in [0.05, 0.1) is 6.10 Å². The van der Waals surface area contributed by atoms with Gasteiger partial charge in [-0.25, -0.2) is 4.79 Å². The van der Waals surface area contributed by atoms with E-state index in [1.807, 2.05) is 12.1 Å². The minimum Gasteiger partial charge on any atom is -0.486 e. The van der Waals surface area contributed by atoms with Crippen molar-refractivity contribution in [3.05, 3.63) is 23.8 Å². The highest BCUT2D eigenvalue weighted by Gasteiger charge is 2.26. The second kappa shape index (κ2) is 7.03. The molecule has 120 valence electrons. The van der Waals surface area contributed by atoms with Crippen LogP contribution < -0.4 is 9.47 Å². The van der Waals surface area contributed by atoms with Crippen molar-refractivity contribution < 1.29 is 19.4 Å². The second-order valence-corrected chi connectivity index (χ2v) is 6.45. The van der Waals surface area contributed by atoms with Gasteiger partial charge in [-0.05, 0) is 36.8 Å². The zero-order valence-corrected chi connectivity index (χ0v) is 12.9. The molecule has 0 bridgehead atoms. The number of carboxylic acids is 1. The predicted octanol–water partition coefficient (Wildman–Crippen LogP) is 3.81. The molecule has 1 atom stereocenters. The number of para-hydroxylation sites is 1. The molecular formula is C18H24O4. The van der Waals surface area contributed by atoms with Gasteiger partial charge in [0.1, 0.15) is 0 Å². The summed E-state index contributed by atoms with van der Waals surface area (Å²) < 4.78 is 11.6. The highest BCUT2D eigenvalue weighted by atomic mass is 16.5. The number of aliphatic carboxylic acids is 1. The van der Waals surface area contributed by atoms with Crippen LogP contribution in [0, 0.1) is 5.92 Å². The Hall–Kier alpha value is -1.71. The van der Waals surface area contributed by atoms with Gasteiger partial charge in [-0.15, -0.1) is 0 Å². The average Bonchev–Trinajstić information content (AvgIpc) is 2.54. The van der Waals surface area contributed by atoms with E-state index in [0.717, 1.165) is 36.5 Å². The third kappa shape index (κ3) is 3.73.